The third kappa shape index (κ3) is 7.89. The van der Waals surface area contributed by atoms with Crippen molar-refractivity contribution >= 4 is 17.7 Å². The molecule has 7 rings (SSSR count). The Kier molecular flexibility index (Phi) is 11.1. The summed E-state index contributed by atoms with van der Waals surface area (Å²) in [5, 5.41) is 24.6. The van der Waals surface area contributed by atoms with Gasteiger partial charge in [-0.15, -0.1) is 5.10 Å². The molecule has 1 amide bonds. The number of carbonyl (C=O) groups is 1. The highest BCUT2D eigenvalue weighted by Gasteiger charge is 2.33. The van der Waals surface area contributed by atoms with Gasteiger partial charge in [-0.05, 0) is 62.5 Å². The molecule has 54 heavy (non-hydrogen) atoms. The molecule has 0 spiro atoms. The quantitative estimate of drug-likeness (QED) is 0.0597. The van der Waals surface area contributed by atoms with Crippen LogP contribution in [0.2, 0.25) is 0 Å². The minimum atomic E-state index is -2.34. The number of halogens is 5. The molecule has 1 aromatic heterocycles. The van der Waals surface area contributed by atoms with Gasteiger partial charge in [-0.25, -0.2) is 22.0 Å². The zero-order valence-corrected chi connectivity index (χ0v) is 29.0. The molecule has 1 fully saturated rings. The van der Waals surface area contributed by atoms with Crippen molar-refractivity contribution in [3.05, 3.63) is 160 Å². The van der Waals surface area contributed by atoms with Crippen LogP contribution in [0.4, 0.5) is 22.0 Å². The summed E-state index contributed by atoms with van der Waals surface area (Å²) in [7, 11) is 0. The van der Waals surface area contributed by atoms with E-state index in [1.807, 2.05) is 84.9 Å². The maximum atomic E-state index is 14.2. The van der Waals surface area contributed by atoms with Crippen LogP contribution in [0.15, 0.2) is 108 Å². The highest BCUT2D eigenvalue weighted by Crippen LogP contribution is 2.40. The summed E-state index contributed by atoms with van der Waals surface area (Å²) >= 11 is 1.45. The lowest BCUT2D eigenvalue weighted by Crippen LogP contribution is -2.31. The first-order chi connectivity index (χ1) is 26.2. The molecule has 0 bridgehead atoms. The molecule has 0 unspecified atom stereocenters. The summed E-state index contributed by atoms with van der Waals surface area (Å²) in [6.07, 6.45) is -0.875. The van der Waals surface area contributed by atoms with Crippen molar-refractivity contribution in [3.63, 3.8) is 0 Å². The molecule has 6 aromatic rings. The Morgan fingerprint density at radius 2 is 1.46 bits per heavy atom. The van der Waals surface area contributed by atoms with E-state index in [9.17, 15) is 31.9 Å². The SMILES string of the molecule is O=C(NCc1cccc(-c2cccc([C@@H]3O[C@H](CSc4nnnn4-c4ccccc4)C[C@H](c4ccc(CO)cc4)O3)c2)c1)c1c(F)c(F)c(F)c(F)c1F. The van der Waals surface area contributed by atoms with Crippen LogP contribution in [-0.2, 0) is 22.6 Å². The van der Waals surface area contributed by atoms with Crippen molar-refractivity contribution in [2.24, 2.45) is 0 Å². The van der Waals surface area contributed by atoms with Crippen LogP contribution < -0.4 is 5.32 Å². The number of rotatable bonds is 11. The lowest BCUT2D eigenvalue weighted by Gasteiger charge is -2.36. The van der Waals surface area contributed by atoms with Crippen LogP contribution in [0.3, 0.4) is 0 Å². The highest BCUT2D eigenvalue weighted by molar-refractivity contribution is 7.99. The van der Waals surface area contributed by atoms with Gasteiger partial charge < -0.3 is 19.9 Å². The fourth-order valence-corrected chi connectivity index (χ4v) is 6.90. The second-order valence-corrected chi connectivity index (χ2v) is 13.3. The van der Waals surface area contributed by atoms with Gasteiger partial charge in [0.2, 0.25) is 11.0 Å². The van der Waals surface area contributed by atoms with Crippen LogP contribution in [0, 0.1) is 29.1 Å². The van der Waals surface area contributed by atoms with Gasteiger partial charge in [0.05, 0.1) is 24.5 Å². The van der Waals surface area contributed by atoms with Gasteiger partial charge in [0, 0.05) is 24.3 Å². The smallest absolute Gasteiger partial charge is 0.257 e. The number of benzene rings is 5. The third-order valence-corrected chi connectivity index (χ3v) is 9.82. The Morgan fingerprint density at radius 3 is 2.19 bits per heavy atom. The standard InChI is InChI=1S/C39H30F5N5O4S/c40-32-31(33(41)35(43)36(44)34(32)42)37(51)45-19-23-6-4-7-25(16-23)26-8-5-9-27(17-26)38-52-29(18-30(53-38)24-14-12-22(20-50)13-15-24)21-54-39-46-47-48-49(39)28-10-2-1-3-11-28/h1-17,29-30,38,50H,18-21H2,(H,45,51)/t29-,30+,38+/m0/s1. The topological polar surface area (TPSA) is 111 Å². The van der Waals surface area contributed by atoms with Crippen molar-refractivity contribution in [1.29, 1.82) is 0 Å². The van der Waals surface area contributed by atoms with E-state index in [1.165, 1.54) is 11.8 Å². The number of hydrogen-bond donors (Lipinski definition) is 2. The lowest BCUT2D eigenvalue weighted by molar-refractivity contribution is -0.245. The number of thioether (sulfide) groups is 1. The summed E-state index contributed by atoms with van der Waals surface area (Å²) in [5.74, 6) is -12.1. The molecule has 9 nitrogen and oxygen atoms in total. The van der Waals surface area contributed by atoms with E-state index in [2.05, 4.69) is 20.8 Å². The number of hydrogen-bond acceptors (Lipinski definition) is 8. The molecule has 3 atom stereocenters. The first-order valence-corrected chi connectivity index (χ1v) is 17.6. The summed E-state index contributed by atoms with van der Waals surface area (Å²) in [4.78, 5) is 12.5. The predicted molar refractivity (Wildman–Crippen MR) is 188 cm³/mol. The van der Waals surface area contributed by atoms with Crippen molar-refractivity contribution in [3.8, 4) is 16.8 Å². The van der Waals surface area contributed by atoms with Crippen molar-refractivity contribution in [1.82, 2.24) is 25.5 Å². The van der Waals surface area contributed by atoms with E-state index >= 15 is 0 Å². The molecular formula is C39H30F5N5O4S. The summed E-state index contributed by atoms with van der Waals surface area (Å²) in [6, 6.07) is 31.4. The summed E-state index contributed by atoms with van der Waals surface area (Å²) in [5.41, 5.74) is 3.65. The molecule has 5 aromatic carbocycles. The minimum Gasteiger partial charge on any atom is -0.392 e. The molecule has 15 heteroatoms. The van der Waals surface area contributed by atoms with E-state index < -0.39 is 46.8 Å². The first kappa shape index (κ1) is 36.9. The van der Waals surface area contributed by atoms with Gasteiger partial charge >= 0.3 is 0 Å². The number of tetrazole rings is 1. The van der Waals surface area contributed by atoms with Crippen LogP contribution in [0.1, 0.15) is 51.4 Å². The second kappa shape index (κ2) is 16.3. The van der Waals surface area contributed by atoms with Crippen LogP contribution >= 0.6 is 11.8 Å². The minimum absolute atomic E-state index is 0.0847. The number of nitrogens with zero attached hydrogens (tertiary/aromatic N) is 4. The van der Waals surface area contributed by atoms with E-state index in [0.717, 1.165) is 27.9 Å². The number of aliphatic hydroxyl groups excluding tert-OH is 1. The largest absolute Gasteiger partial charge is 0.392 e. The van der Waals surface area contributed by atoms with Gasteiger partial charge in [-0.1, -0.05) is 90.6 Å². The zero-order valence-electron chi connectivity index (χ0n) is 28.1. The Hall–Kier alpha value is -5.48. The van der Waals surface area contributed by atoms with E-state index in [4.69, 9.17) is 9.47 Å². The van der Waals surface area contributed by atoms with Gasteiger partial charge in [0.1, 0.15) is 5.56 Å². The number of amides is 1. The molecule has 2 N–H and O–H groups in total. The lowest BCUT2D eigenvalue weighted by atomic mass is 9.99. The molecule has 276 valence electrons. The average molecular weight is 760 g/mol. The number of nitrogens with one attached hydrogen (secondary N) is 1. The normalized spacial score (nSPS) is 17.0. The molecule has 1 saturated heterocycles. The Bertz CT molecular complexity index is 2250. The zero-order chi connectivity index (χ0) is 37.8. The molecule has 0 radical (unpaired) electrons. The number of carbonyl (C=O) groups excluding carboxylic acids is 1. The van der Waals surface area contributed by atoms with Crippen molar-refractivity contribution in [2.75, 3.05) is 5.75 Å². The fraction of sp³-hybridized carbons (Fsp3) is 0.179. The predicted octanol–water partition coefficient (Wildman–Crippen LogP) is 7.78. The van der Waals surface area contributed by atoms with E-state index in [1.54, 1.807) is 22.9 Å². The number of aliphatic hydroxyl groups is 1. The molecule has 0 saturated carbocycles. The maximum absolute atomic E-state index is 14.2. The number of para-hydroxylation sites is 1. The van der Waals surface area contributed by atoms with E-state index in [0.29, 0.717) is 28.5 Å². The molecule has 1 aliphatic heterocycles. The molecule has 0 aliphatic carbocycles. The molecular weight excluding hydrogens is 730 g/mol. The van der Waals surface area contributed by atoms with Gasteiger partial charge in [0.15, 0.2) is 29.6 Å². The van der Waals surface area contributed by atoms with Crippen LogP contribution in [0.25, 0.3) is 16.8 Å². The van der Waals surface area contributed by atoms with Gasteiger partial charge in [0.25, 0.3) is 5.91 Å². The average Bonchev–Trinajstić information content (AvgIpc) is 3.70. The summed E-state index contributed by atoms with van der Waals surface area (Å²) < 4.78 is 84.0. The van der Waals surface area contributed by atoms with Gasteiger partial charge in [-0.2, -0.15) is 4.68 Å². The fourth-order valence-electron chi connectivity index (χ4n) is 5.99. The first-order valence-electron chi connectivity index (χ1n) is 16.7. The Balaban J connectivity index is 1.10. The Labute approximate surface area is 309 Å². The molecule has 2 heterocycles. The second-order valence-electron chi connectivity index (χ2n) is 12.3. The van der Waals surface area contributed by atoms with Crippen LogP contribution in [-0.4, -0.2) is 43.1 Å². The van der Waals surface area contributed by atoms with Crippen molar-refractivity contribution < 1.29 is 41.3 Å². The highest BCUT2D eigenvalue weighted by atomic mass is 32.2. The maximum Gasteiger partial charge on any atom is 0.257 e. The van der Waals surface area contributed by atoms with Gasteiger partial charge in [-0.3, -0.25) is 4.79 Å². The molecule has 1 aliphatic rings. The number of aromatic nitrogens is 4. The summed E-state index contributed by atoms with van der Waals surface area (Å²) in [6.45, 7) is -0.344. The monoisotopic (exact) mass is 759 g/mol. The van der Waals surface area contributed by atoms with Crippen LogP contribution in [0.5, 0.6) is 0 Å². The van der Waals surface area contributed by atoms with Crippen molar-refractivity contribution in [2.45, 2.75) is 43.2 Å². The Morgan fingerprint density at radius 1 is 0.778 bits per heavy atom. The van der Waals surface area contributed by atoms with E-state index in [-0.39, 0.29) is 25.4 Å². The third-order valence-electron chi connectivity index (χ3n) is 8.76. The number of ether oxygens (including phenoxy) is 2.